The molecule has 0 saturated carbocycles. The second kappa shape index (κ2) is 4.84. The maximum atomic E-state index is 12.5. The third-order valence-corrected chi connectivity index (χ3v) is 1.17. The van der Waals surface area contributed by atoms with Crippen molar-refractivity contribution in [1.29, 1.82) is 0 Å². The van der Waals surface area contributed by atoms with Gasteiger partial charge in [-0.2, -0.15) is 8.78 Å². The van der Waals surface area contributed by atoms with Gasteiger partial charge in [-0.05, 0) is 12.5 Å². The predicted molar refractivity (Wildman–Crippen MR) is 47.7 cm³/mol. The van der Waals surface area contributed by atoms with Crippen LogP contribution in [0.3, 0.4) is 0 Å². The SMILES string of the molecule is CC.Cc1cnc(C(C)(F)F)nc1. The molecule has 2 nitrogen and oxygen atoms in total. The second-order valence-corrected chi connectivity index (χ2v) is 2.47. The molecule has 74 valence electrons. The van der Waals surface area contributed by atoms with Crippen LogP contribution in [0, 0.1) is 6.92 Å². The van der Waals surface area contributed by atoms with Gasteiger partial charge in [0.15, 0.2) is 5.82 Å². The summed E-state index contributed by atoms with van der Waals surface area (Å²) < 4.78 is 24.9. The highest BCUT2D eigenvalue weighted by molar-refractivity contribution is 5.04. The van der Waals surface area contributed by atoms with Crippen molar-refractivity contribution in [2.75, 3.05) is 0 Å². The molecule has 0 aromatic carbocycles. The van der Waals surface area contributed by atoms with Gasteiger partial charge >= 0.3 is 5.92 Å². The minimum absolute atomic E-state index is 0.428. The lowest BCUT2D eigenvalue weighted by molar-refractivity contribution is 0.00764. The fourth-order valence-electron chi connectivity index (χ4n) is 0.619. The summed E-state index contributed by atoms with van der Waals surface area (Å²) in [6.07, 6.45) is 2.75. The van der Waals surface area contributed by atoms with E-state index in [0.717, 1.165) is 12.5 Å². The molecule has 0 N–H and O–H groups in total. The smallest absolute Gasteiger partial charge is 0.235 e. The molecule has 1 heterocycles. The number of rotatable bonds is 1. The number of nitrogens with zero attached hydrogens (tertiary/aromatic N) is 2. The molecule has 0 fully saturated rings. The Morgan fingerprint density at radius 3 is 1.85 bits per heavy atom. The van der Waals surface area contributed by atoms with Crippen molar-refractivity contribution >= 4 is 0 Å². The summed E-state index contributed by atoms with van der Waals surface area (Å²) >= 11 is 0. The van der Waals surface area contributed by atoms with E-state index in [0.29, 0.717) is 0 Å². The van der Waals surface area contributed by atoms with Crippen LogP contribution in [0.15, 0.2) is 12.4 Å². The van der Waals surface area contributed by atoms with E-state index in [1.54, 1.807) is 6.92 Å². The Morgan fingerprint density at radius 1 is 1.15 bits per heavy atom. The van der Waals surface area contributed by atoms with Crippen LogP contribution >= 0.6 is 0 Å². The summed E-state index contributed by atoms with van der Waals surface area (Å²) in [4.78, 5) is 6.98. The molecule has 0 aliphatic carbocycles. The third-order valence-electron chi connectivity index (χ3n) is 1.17. The van der Waals surface area contributed by atoms with E-state index in [2.05, 4.69) is 9.97 Å². The highest BCUT2D eigenvalue weighted by Gasteiger charge is 2.27. The van der Waals surface area contributed by atoms with E-state index in [4.69, 9.17) is 0 Å². The molecule has 0 radical (unpaired) electrons. The topological polar surface area (TPSA) is 25.8 Å². The van der Waals surface area contributed by atoms with Gasteiger partial charge in [0, 0.05) is 19.3 Å². The highest BCUT2D eigenvalue weighted by atomic mass is 19.3. The van der Waals surface area contributed by atoms with Gasteiger partial charge in [0.05, 0.1) is 0 Å². The zero-order chi connectivity index (χ0) is 10.5. The fourth-order valence-corrected chi connectivity index (χ4v) is 0.619. The minimum atomic E-state index is -2.94. The van der Waals surface area contributed by atoms with Crippen LogP contribution in [0.2, 0.25) is 0 Å². The first-order valence-electron chi connectivity index (χ1n) is 4.17. The van der Waals surface area contributed by atoms with Gasteiger partial charge in [-0.3, -0.25) is 0 Å². The van der Waals surface area contributed by atoms with Gasteiger partial charge < -0.3 is 0 Å². The minimum Gasteiger partial charge on any atom is -0.235 e. The molecular formula is C9H14F2N2. The lowest BCUT2D eigenvalue weighted by Crippen LogP contribution is -2.11. The van der Waals surface area contributed by atoms with Gasteiger partial charge in [-0.25, -0.2) is 9.97 Å². The van der Waals surface area contributed by atoms with E-state index in [1.807, 2.05) is 13.8 Å². The summed E-state index contributed by atoms with van der Waals surface area (Å²) in [5.41, 5.74) is 0.776. The fraction of sp³-hybridized carbons (Fsp3) is 0.556. The van der Waals surface area contributed by atoms with Crippen molar-refractivity contribution in [3.63, 3.8) is 0 Å². The molecule has 0 bridgehead atoms. The van der Waals surface area contributed by atoms with Gasteiger partial charge in [-0.15, -0.1) is 0 Å². The molecule has 0 aliphatic heterocycles. The van der Waals surface area contributed by atoms with Crippen LogP contribution < -0.4 is 0 Å². The maximum absolute atomic E-state index is 12.5. The number of aryl methyl sites for hydroxylation is 1. The first kappa shape index (κ1) is 11.9. The van der Waals surface area contributed by atoms with Crippen LogP contribution in [-0.2, 0) is 5.92 Å². The van der Waals surface area contributed by atoms with Crippen LogP contribution in [0.4, 0.5) is 8.78 Å². The zero-order valence-electron chi connectivity index (χ0n) is 8.31. The molecule has 0 unspecified atom stereocenters. The van der Waals surface area contributed by atoms with Crippen LogP contribution in [0.25, 0.3) is 0 Å². The Morgan fingerprint density at radius 2 is 1.54 bits per heavy atom. The molecule has 0 atom stereocenters. The lowest BCUT2D eigenvalue weighted by atomic mass is 10.3. The number of hydrogen-bond donors (Lipinski definition) is 0. The van der Waals surface area contributed by atoms with Gasteiger partial charge in [0.1, 0.15) is 0 Å². The van der Waals surface area contributed by atoms with Crippen molar-refractivity contribution in [2.45, 2.75) is 33.6 Å². The Kier molecular flexibility index (Phi) is 4.45. The van der Waals surface area contributed by atoms with Gasteiger partial charge in [0.25, 0.3) is 0 Å². The molecule has 1 aromatic rings. The van der Waals surface area contributed by atoms with Crippen LogP contribution in [0.1, 0.15) is 32.2 Å². The number of hydrogen-bond acceptors (Lipinski definition) is 2. The van der Waals surface area contributed by atoms with Crippen molar-refractivity contribution in [3.8, 4) is 0 Å². The summed E-state index contributed by atoms with van der Waals surface area (Å²) in [6.45, 7) is 6.52. The average molecular weight is 188 g/mol. The zero-order valence-corrected chi connectivity index (χ0v) is 8.31. The summed E-state index contributed by atoms with van der Waals surface area (Å²) in [5.74, 6) is -3.36. The highest BCUT2D eigenvalue weighted by Crippen LogP contribution is 2.22. The third kappa shape index (κ3) is 3.92. The van der Waals surface area contributed by atoms with E-state index < -0.39 is 11.7 Å². The largest absolute Gasteiger partial charge is 0.303 e. The lowest BCUT2D eigenvalue weighted by Gasteiger charge is -2.06. The predicted octanol–water partition coefficient (Wildman–Crippen LogP) is 2.92. The summed E-state index contributed by atoms with van der Waals surface area (Å²) in [6, 6.07) is 0. The molecule has 0 amide bonds. The first-order chi connectivity index (χ1) is 6.00. The molecule has 1 rings (SSSR count). The number of halogens is 2. The normalized spacial score (nSPS) is 10.3. The number of alkyl halides is 2. The molecule has 0 saturated heterocycles. The standard InChI is InChI=1S/C7H8F2N2.C2H6/c1-5-3-10-6(11-4-5)7(2,8)9;1-2/h3-4H,1-2H3;1-2H3. The van der Waals surface area contributed by atoms with Gasteiger partial charge in [0.2, 0.25) is 0 Å². The Bertz CT molecular complexity index is 239. The second-order valence-electron chi connectivity index (χ2n) is 2.47. The van der Waals surface area contributed by atoms with Crippen molar-refractivity contribution < 1.29 is 8.78 Å². The van der Waals surface area contributed by atoms with E-state index in [9.17, 15) is 8.78 Å². The molecule has 0 spiro atoms. The monoisotopic (exact) mass is 188 g/mol. The Balaban J connectivity index is 0.000000671. The van der Waals surface area contributed by atoms with Gasteiger partial charge in [-0.1, -0.05) is 13.8 Å². The molecule has 0 aliphatic rings. The van der Waals surface area contributed by atoms with Crippen molar-refractivity contribution in [2.24, 2.45) is 0 Å². The van der Waals surface area contributed by atoms with E-state index in [-0.39, 0.29) is 0 Å². The van der Waals surface area contributed by atoms with E-state index >= 15 is 0 Å². The van der Waals surface area contributed by atoms with Crippen molar-refractivity contribution in [3.05, 3.63) is 23.8 Å². The summed E-state index contributed by atoms with van der Waals surface area (Å²) in [7, 11) is 0. The van der Waals surface area contributed by atoms with Crippen LogP contribution in [-0.4, -0.2) is 9.97 Å². The van der Waals surface area contributed by atoms with Crippen LogP contribution in [0.5, 0.6) is 0 Å². The molecule has 1 aromatic heterocycles. The molecular weight excluding hydrogens is 174 g/mol. The van der Waals surface area contributed by atoms with Crippen molar-refractivity contribution in [1.82, 2.24) is 9.97 Å². The average Bonchev–Trinajstić information content (AvgIpc) is 2.07. The molecule has 13 heavy (non-hydrogen) atoms. The quantitative estimate of drug-likeness (QED) is 0.677. The van der Waals surface area contributed by atoms with E-state index in [1.165, 1.54) is 12.4 Å². The maximum Gasteiger partial charge on any atom is 0.303 e. The number of aromatic nitrogens is 2. The summed E-state index contributed by atoms with van der Waals surface area (Å²) in [5, 5.41) is 0. The first-order valence-corrected chi connectivity index (χ1v) is 4.17. The Hall–Kier alpha value is -1.06. The molecule has 4 heteroatoms. The Labute approximate surface area is 77.0 Å².